The van der Waals surface area contributed by atoms with E-state index in [-0.39, 0.29) is 0 Å². The van der Waals surface area contributed by atoms with Crippen LogP contribution in [0.3, 0.4) is 0 Å². The molecule has 2 nitrogen and oxygen atoms in total. The molecule has 0 saturated carbocycles. The summed E-state index contributed by atoms with van der Waals surface area (Å²) in [5.74, 6) is 0. The number of hydrogen-bond acceptors (Lipinski definition) is 3. The van der Waals surface area contributed by atoms with Gasteiger partial charge in [0.05, 0.1) is 6.04 Å². The lowest BCUT2D eigenvalue weighted by Crippen LogP contribution is -2.20. The highest BCUT2D eigenvalue weighted by Gasteiger charge is 2.11. The van der Waals surface area contributed by atoms with E-state index in [0.29, 0.717) is 6.04 Å². The molecule has 0 bridgehead atoms. The van der Waals surface area contributed by atoms with Crippen molar-refractivity contribution in [2.24, 2.45) is 0 Å². The van der Waals surface area contributed by atoms with Crippen LogP contribution in [0.5, 0.6) is 0 Å². The largest absolute Gasteiger partial charge is 0.308 e. The van der Waals surface area contributed by atoms with Gasteiger partial charge >= 0.3 is 0 Å². The van der Waals surface area contributed by atoms with Gasteiger partial charge in [0, 0.05) is 11.6 Å². The molecule has 1 N–H and O–H groups in total. The molecule has 1 heterocycles. The summed E-state index contributed by atoms with van der Waals surface area (Å²) < 4.78 is 0. The van der Waals surface area contributed by atoms with Crippen molar-refractivity contribution >= 4 is 11.3 Å². The molecule has 0 radical (unpaired) electrons. The number of unbranched alkanes of at least 4 members (excludes halogenated alkanes) is 3. The molecule has 1 aromatic heterocycles. The zero-order valence-corrected chi connectivity index (χ0v) is 10.6. The van der Waals surface area contributed by atoms with Crippen molar-refractivity contribution in [3.63, 3.8) is 0 Å². The van der Waals surface area contributed by atoms with E-state index >= 15 is 0 Å². The summed E-state index contributed by atoms with van der Waals surface area (Å²) in [7, 11) is 0. The Bertz CT molecular complexity index is 234. The van der Waals surface area contributed by atoms with E-state index in [4.69, 9.17) is 0 Å². The third-order valence-electron chi connectivity index (χ3n) is 2.55. The Labute approximate surface area is 97.1 Å². The Morgan fingerprint density at radius 1 is 1.33 bits per heavy atom. The van der Waals surface area contributed by atoms with Crippen molar-refractivity contribution < 1.29 is 0 Å². The van der Waals surface area contributed by atoms with Crippen molar-refractivity contribution in [3.8, 4) is 0 Å². The maximum Gasteiger partial charge on any atom is 0.109 e. The zero-order valence-electron chi connectivity index (χ0n) is 9.83. The molecular weight excluding hydrogens is 204 g/mol. The average molecular weight is 226 g/mol. The fraction of sp³-hybridized carbons (Fsp3) is 0.750. The minimum Gasteiger partial charge on any atom is -0.308 e. The molecule has 0 aliphatic heterocycles. The molecule has 86 valence electrons. The number of rotatable bonds is 8. The van der Waals surface area contributed by atoms with Gasteiger partial charge in [-0.3, -0.25) is 0 Å². The van der Waals surface area contributed by atoms with E-state index in [0.717, 1.165) is 6.54 Å². The van der Waals surface area contributed by atoms with Gasteiger partial charge in [0.1, 0.15) is 5.01 Å². The van der Waals surface area contributed by atoms with Crippen LogP contribution >= 0.6 is 11.3 Å². The molecular formula is C12H22N2S. The highest BCUT2D eigenvalue weighted by Crippen LogP contribution is 2.21. The number of aromatic nitrogens is 1. The molecule has 0 spiro atoms. The average Bonchev–Trinajstić information content (AvgIpc) is 2.76. The van der Waals surface area contributed by atoms with Gasteiger partial charge < -0.3 is 5.32 Å². The van der Waals surface area contributed by atoms with Crippen LogP contribution in [-0.4, -0.2) is 11.5 Å². The Kier molecular flexibility index (Phi) is 6.60. The summed E-state index contributed by atoms with van der Waals surface area (Å²) in [4.78, 5) is 4.39. The molecule has 1 atom stereocenters. The van der Waals surface area contributed by atoms with Gasteiger partial charge in [-0.15, -0.1) is 11.3 Å². The maximum atomic E-state index is 4.39. The summed E-state index contributed by atoms with van der Waals surface area (Å²) in [5.41, 5.74) is 0. The van der Waals surface area contributed by atoms with Crippen LogP contribution < -0.4 is 5.32 Å². The predicted molar refractivity (Wildman–Crippen MR) is 67.3 cm³/mol. The van der Waals surface area contributed by atoms with Crippen molar-refractivity contribution in [3.05, 3.63) is 16.6 Å². The quantitative estimate of drug-likeness (QED) is 0.683. The summed E-state index contributed by atoms with van der Waals surface area (Å²) in [5, 5.41) is 6.81. The second-order valence-electron chi connectivity index (χ2n) is 3.83. The van der Waals surface area contributed by atoms with Crippen molar-refractivity contribution in [2.45, 2.75) is 52.0 Å². The minimum atomic E-state index is 0.479. The van der Waals surface area contributed by atoms with Gasteiger partial charge in [-0.05, 0) is 13.0 Å². The lowest BCUT2D eigenvalue weighted by Gasteiger charge is -2.14. The van der Waals surface area contributed by atoms with Crippen molar-refractivity contribution in [1.29, 1.82) is 0 Å². The lowest BCUT2D eigenvalue weighted by atomic mass is 10.1. The van der Waals surface area contributed by atoms with E-state index in [1.54, 1.807) is 11.3 Å². The number of thiazole rings is 1. The number of nitrogens with one attached hydrogen (secondary N) is 1. The normalized spacial score (nSPS) is 12.9. The lowest BCUT2D eigenvalue weighted by molar-refractivity contribution is 0.480. The second kappa shape index (κ2) is 7.83. The van der Waals surface area contributed by atoms with E-state index in [1.807, 2.05) is 6.20 Å². The zero-order chi connectivity index (χ0) is 10.9. The molecule has 1 aromatic rings. The monoisotopic (exact) mass is 226 g/mol. The first-order chi connectivity index (χ1) is 7.38. The number of hydrogen-bond donors (Lipinski definition) is 1. The van der Waals surface area contributed by atoms with Crippen LogP contribution in [0, 0.1) is 0 Å². The highest BCUT2D eigenvalue weighted by molar-refractivity contribution is 7.09. The molecule has 1 unspecified atom stereocenters. The molecule has 0 amide bonds. The fourth-order valence-corrected chi connectivity index (χ4v) is 2.49. The summed E-state index contributed by atoms with van der Waals surface area (Å²) in [6.45, 7) is 5.44. The molecule has 0 saturated heterocycles. The fourth-order valence-electron chi connectivity index (χ4n) is 1.74. The van der Waals surface area contributed by atoms with Gasteiger partial charge in [-0.1, -0.05) is 39.5 Å². The summed E-state index contributed by atoms with van der Waals surface area (Å²) in [6.07, 6.45) is 8.45. The second-order valence-corrected chi connectivity index (χ2v) is 4.76. The first kappa shape index (κ1) is 12.7. The molecule has 0 aromatic carbocycles. The van der Waals surface area contributed by atoms with Crippen LogP contribution in [0.25, 0.3) is 0 Å². The highest BCUT2D eigenvalue weighted by atomic mass is 32.1. The SMILES string of the molecule is CCCCCCC(NCC)c1nccs1. The Hall–Kier alpha value is -0.410. The molecule has 0 aliphatic rings. The Balaban J connectivity index is 2.31. The summed E-state index contributed by atoms with van der Waals surface area (Å²) >= 11 is 1.76. The first-order valence-electron chi connectivity index (χ1n) is 6.01. The molecule has 15 heavy (non-hydrogen) atoms. The van der Waals surface area contributed by atoms with Crippen LogP contribution in [-0.2, 0) is 0 Å². The molecule has 1 rings (SSSR count). The predicted octanol–water partition coefficient (Wildman–Crippen LogP) is 3.76. The standard InChI is InChI=1S/C12H22N2S/c1-3-5-6-7-8-11(13-4-2)12-14-9-10-15-12/h9-11,13H,3-8H2,1-2H3. The van der Waals surface area contributed by atoms with Crippen LogP contribution in [0.15, 0.2) is 11.6 Å². The van der Waals surface area contributed by atoms with E-state index < -0.39 is 0 Å². The third kappa shape index (κ3) is 4.76. The molecule has 0 aliphatic carbocycles. The van der Waals surface area contributed by atoms with Crippen LogP contribution in [0.2, 0.25) is 0 Å². The van der Waals surface area contributed by atoms with Gasteiger partial charge in [0.15, 0.2) is 0 Å². The van der Waals surface area contributed by atoms with Crippen LogP contribution in [0.4, 0.5) is 0 Å². The van der Waals surface area contributed by atoms with E-state index in [9.17, 15) is 0 Å². The van der Waals surface area contributed by atoms with Crippen molar-refractivity contribution in [1.82, 2.24) is 10.3 Å². The molecule has 3 heteroatoms. The maximum absolute atomic E-state index is 4.39. The number of nitrogens with zero attached hydrogens (tertiary/aromatic N) is 1. The van der Waals surface area contributed by atoms with Gasteiger partial charge in [-0.25, -0.2) is 4.98 Å². The smallest absolute Gasteiger partial charge is 0.109 e. The topological polar surface area (TPSA) is 24.9 Å². The summed E-state index contributed by atoms with van der Waals surface area (Å²) in [6, 6.07) is 0.479. The van der Waals surface area contributed by atoms with E-state index in [1.165, 1.54) is 37.1 Å². The minimum absolute atomic E-state index is 0.479. The first-order valence-corrected chi connectivity index (χ1v) is 6.89. The van der Waals surface area contributed by atoms with Gasteiger partial charge in [0.2, 0.25) is 0 Å². The van der Waals surface area contributed by atoms with Gasteiger partial charge in [-0.2, -0.15) is 0 Å². The Morgan fingerprint density at radius 2 is 2.20 bits per heavy atom. The third-order valence-corrected chi connectivity index (χ3v) is 3.44. The molecule has 0 fully saturated rings. The van der Waals surface area contributed by atoms with E-state index in [2.05, 4.69) is 29.5 Å². The van der Waals surface area contributed by atoms with Crippen LogP contribution in [0.1, 0.15) is 57.0 Å². The van der Waals surface area contributed by atoms with Crippen molar-refractivity contribution in [2.75, 3.05) is 6.54 Å². The Morgan fingerprint density at radius 3 is 2.80 bits per heavy atom. The van der Waals surface area contributed by atoms with Gasteiger partial charge in [0.25, 0.3) is 0 Å².